The third kappa shape index (κ3) is 11.3. The van der Waals surface area contributed by atoms with Crippen LogP contribution in [0.5, 0.6) is 0 Å². The van der Waals surface area contributed by atoms with Gasteiger partial charge < -0.3 is 59.9 Å². The van der Waals surface area contributed by atoms with Gasteiger partial charge in [0.1, 0.15) is 24.2 Å². The number of aromatic nitrogens is 2. The molecule has 2 aromatic heterocycles. The van der Waals surface area contributed by atoms with E-state index < -0.39 is 59.7 Å². The van der Waals surface area contributed by atoms with Crippen molar-refractivity contribution in [3.63, 3.8) is 0 Å². The van der Waals surface area contributed by atoms with Gasteiger partial charge >= 0.3 is 0 Å². The van der Waals surface area contributed by atoms with Gasteiger partial charge in [-0.1, -0.05) is 36.4 Å². The van der Waals surface area contributed by atoms with Crippen LogP contribution in [0.4, 0.5) is 0 Å². The lowest BCUT2D eigenvalue weighted by Crippen LogP contribution is -2.59. The number of rotatable bonds is 22. The average molecular weight is 732 g/mol. The van der Waals surface area contributed by atoms with E-state index in [0.29, 0.717) is 32.2 Å². The van der Waals surface area contributed by atoms with Crippen LogP contribution in [-0.2, 0) is 36.8 Å². The van der Waals surface area contributed by atoms with Crippen LogP contribution in [0, 0.1) is 0 Å². The zero-order valence-electron chi connectivity index (χ0n) is 29.9. The van der Waals surface area contributed by atoms with Gasteiger partial charge in [0.2, 0.25) is 29.5 Å². The van der Waals surface area contributed by atoms with Crippen molar-refractivity contribution in [2.75, 3.05) is 19.6 Å². The highest BCUT2D eigenvalue weighted by atomic mass is 16.2. The number of H-pyrrole nitrogens is 2. The summed E-state index contributed by atoms with van der Waals surface area (Å²) in [5, 5.41) is 12.8. The van der Waals surface area contributed by atoms with E-state index in [1.165, 1.54) is 0 Å². The molecule has 53 heavy (non-hydrogen) atoms. The number of carbonyl (C=O) groups is 5. The summed E-state index contributed by atoms with van der Waals surface area (Å²) < 4.78 is 0. The van der Waals surface area contributed by atoms with Crippen molar-refractivity contribution in [1.82, 2.24) is 31.2 Å². The second kappa shape index (κ2) is 20.1. The Morgan fingerprint density at radius 2 is 0.943 bits per heavy atom. The minimum atomic E-state index is -1.20. The number of hydrogen-bond donors (Lipinski definition) is 11. The molecule has 16 N–H and O–H groups in total. The zero-order valence-corrected chi connectivity index (χ0v) is 29.9. The van der Waals surface area contributed by atoms with Crippen molar-refractivity contribution in [2.24, 2.45) is 28.7 Å². The summed E-state index contributed by atoms with van der Waals surface area (Å²) in [5.74, 6) is -3.18. The van der Waals surface area contributed by atoms with Crippen molar-refractivity contribution < 1.29 is 24.0 Å². The molecule has 4 rings (SSSR count). The quantitative estimate of drug-likeness (QED) is 0.0491. The van der Waals surface area contributed by atoms with Gasteiger partial charge in [0.05, 0.1) is 6.04 Å². The van der Waals surface area contributed by atoms with Crippen molar-refractivity contribution in [3.05, 3.63) is 72.1 Å². The van der Waals surface area contributed by atoms with Crippen LogP contribution in [0.25, 0.3) is 21.8 Å². The maximum absolute atomic E-state index is 14.4. The summed E-state index contributed by atoms with van der Waals surface area (Å²) in [6.45, 7) is 0.913. The Labute approximate surface area is 308 Å². The van der Waals surface area contributed by atoms with Crippen LogP contribution < -0.4 is 49.9 Å². The topological polar surface area (TPSA) is 295 Å². The molecule has 286 valence electrons. The molecule has 5 atom stereocenters. The lowest BCUT2D eigenvalue weighted by atomic mass is 10.0. The van der Waals surface area contributed by atoms with Crippen LogP contribution in [-0.4, -0.2) is 89.3 Å². The molecule has 16 nitrogen and oxygen atoms in total. The van der Waals surface area contributed by atoms with Gasteiger partial charge in [-0.05, 0) is 81.4 Å². The molecule has 0 spiro atoms. The van der Waals surface area contributed by atoms with E-state index in [2.05, 4.69) is 31.2 Å². The SMILES string of the molecule is NCCCC(N)C(=O)NC(CCCN)C(=O)NC(Cc1c[nH]c2ccccc12)C(=O)NC(Cc1c[nH]c2ccccc12)C(=O)NC(CCCN)C(N)=O. The fourth-order valence-corrected chi connectivity index (χ4v) is 6.22. The van der Waals surface area contributed by atoms with Gasteiger partial charge in [0, 0.05) is 47.0 Å². The highest BCUT2D eigenvalue weighted by molar-refractivity contribution is 5.97. The van der Waals surface area contributed by atoms with Gasteiger partial charge in [-0.2, -0.15) is 0 Å². The number of primary amides is 1. The first-order valence-electron chi connectivity index (χ1n) is 18.0. The number of nitrogens with one attached hydrogen (secondary N) is 6. The first kappa shape index (κ1) is 40.5. The van der Waals surface area contributed by atoms with E-state index in [9.17, 15) is 24.0 Å². The summed E-state index contributed by atoms with van der Waals surface area (Å²) in [5.41, 5.74) is 31.8. The van der Waals surface area contributed by atoms with Crippen molar-refractivity contribution in [3.8, 4) is 0 Å². The Hall–Kier alpha value is -5.29. The van der Waals surface area contributed by atoms with Crippen LogP contribution in [0.15, 0.2) is 60.9 Å². The molecule has 2 heterocycles. The molecule has 0 saturated heterocycles. The minimum Gasteiger partial charge on any atom is -0.368 e. The molecule has 5 amide bonds. The van der Waals surface area contributed by atoms with Crippen molar-refractivity contribution in [1.29, 1.82) is 0 Å². The fourth-order valence-electron chi connectivity index (χ4n) is 6.22. The normalized spacial score (nSPS) is 14.2. The first-order valence-corrected chi connectivity index (χ1v) is 18.0. The maximum Gasteiger partial charge on any atom is 0.243 e. The van der Waals surface area contributed by atoms with Crippen LogP contribution in [0.1, 0.15) is 49.7 Å². The van der Waals surface area contributed by atoms with Crippen LogP contribution in [0.2, 0.25) is 0 Å². The lowest BCUT2D eigenvalue weighted by Gasteiger charge is -2.27. The molecule has 4 aromatic rings. The second-order valence-corrected chi connectivity index (χ2v) is 13.2. The van der Waals surface area contributed by atoms with E-state index >= 15 is 0 Å². The monoisotopic (exact) mass is 731 g/mol. The summed E-state index contributed by atoms with van der Waals surface area (Å²) in [7, 11) is 0. The van der Waals surface area contributed by atoms with E-state index in [1.807, 2.05) is 48.5 Å². The lowest BCUT2D eigenvalue weighted by molar-refractivity contribution is -0.134. The molecule has 0 aliphatic heterocycles. The number of amides is 5. The Kier molecular flexibility index (Phi) is 15.3. The van der Waals surface area contributed by atoms with Gasteiger partial charge in [-0.15, -0.1) is 0 Å². The summed E-state index contributed by atoms with van der Waals surface area (Å²) >= 11 is 0. The van der Waals surface area contributed by atoms with Gasteiger partial charge in [0.25, 0.3) is 0 Å². The molecule has 5 unspecified atom stereocenters. The summed E-state index contributed by atoms with van der Waals surface area (Å²) in [4.78, 5) is 73.8. The molecule has 0 aliphatic rings. The Morgan fingerprint density at radius 3 is 1.42 bits per heavy atom. The zero-order chi connectivity index (χ0) is 38.3. The molecule has 0 fully saturated rings. The number of fused-ring (bicyclic) bond motifs is 2. The highest BCUT2D eigenvalue weighted by Crippen LogP contribution is 2.21. The number of benzene rings is 2. The molecule has 0 radical (unpaired) electrons. The third-order valence-electron chi connectivity index (χ3n) is 9.21. The third-order valence-corrected chi connectivity index (χ3v) is 9.21. The number of carbonyl (C=O) groups excluding carboxylic acids is 5. The number of para-hydroxylation sites is 2. The first-order chi connectivity index (χ1) is 25.6. The molecular formula is C37H53N11O5. The minimum absolute atomic E-state index is 0.0387. The largest absolute Gasteiger partial charge is 0.368 e. The molecule has 16 heteroatoms. The number of hydrogen-bond acceptors (Lipinski definition) is 9. The Morgan fingerprint density at radius 1 is 0.547 bits per heavy atom. The molecule has 0 bridgehead atoms. The molecular weight excluding hydrogens is 678 g/mol. The Balaban J connectivity index is 1.65. The van der Waals surface area contributed by atoms with E-state index in [1.54, 1.807) is 12.4 Å². The predicted octanol–water partition coefficient (Wildman–Crippen LogP) is -0.597. The standard InChI is InChI=1S/C37H53N11O5/c38-15-5-10-26(41)34(50)46-30(14-7-17-40)35(51)47-32(19-23-21-44-28-12-4-2-9-25(23)28)37(53)48-31(36(52)45-29(33(42)49)13-6-16-39)18-22-20-43-27-11-3-1-8-24(22)27/h1-4,8-9,11-12,20-21,26,29-32,43-44H,5-7,10,13-19,38-41H2,(H2,42,49)(H,45,52)(H,46,50)(H,47,51)(H,48,53). The van der Waals surface area contributed by atoms with E-state index in [-0.39, 0.29) is 38.8 Å². The summed E-state index contributed by atoms with van der Waals surface area (Å²) in [6.07, 6.45) is 5.73. The van der Waals surface area contributed by atoms with Crippen LogP contribution >= 0.6 is 0 Å². The van der Waals surface area contributed by atoms with Crippen molar-refractivity contribution in [2.45, 2.75) is 81.6 Å². The second-order valence-electron chi connectivity index (χ2n) is 13.2. The summed E-state index contributed by atoms with van der Waals surface area (Å²) in [6, 6.07) is 9.71. The highest BCUT2D eigenvalue weighted by Gasteiger charge is 2.32. The number of aromatic amines is 2. The molecule has 0 saturated carbocycles. The fraction of sp³-hybridized carbons (Fsp3) is 0.432. The predicted molar refractivity (Wildman–Crippen MR) is 204 cm³/mol. The smallest absolute Gasteiger partial charge is 0.243 e. The maximum atomic E-state index is 14.4. The van der Waals surface area contributed by atoms with Crippen LogP contribution in [0.3, 0.4) is 0 Å². The average Bonchev–Trinajstić information content (AvgIpc) is 3.76. The van der Waals surface area contributed by atoms with Gasteiger partial charge in [-0.25, -0.2) is 0 Å². The molecule has 0 aliphatic carbocycles. The number of nitrogens with two attached hydrogens (primary N) is 5. The van der Waals surface area contributed by atoms with Gasteiger partial charge in [-0.3, -0.25) is 24.0 Å². The Bertz CT molecular complexity index is 1840. The van der Waals surface area contributed by atoms with Crippen molar-refractivity contribution >= 4 is 51.3 Å². The van der Waals surface area contributed by atoms with E-state index in [4.69, 9.17) is 28.7 Å². The van der Waals surface area contributed by atoms with E-state index in [0.717, 1.165) is 32.9 Å². The van der Waals surface area contributed by atoms with Gasteiger partial charge in [0.15, 0.2) is 0 Å². The molecule has 2 aromatic carbocycles.